The third kappa shape index (κ3) is 3.31. The van der Waals surface area contributed by atoms with Gasteiger partial charge in [0.25, 0.3) is 5.91 Å². The van der Waals surface area contributed by atoms with Gasteiger partial charge in [0.1, 0.15) is 22.7 Å². The van der Waals surface area contributed by atoms with Gasteiger partial charge in [-0.3, -0.25) is 4.79 Å². The summed E-state index contributed by atoms with van der Waals surface area (Å²) in [6.07, 6.45) is 5.29. The molecule has 0 bridgehead atoms. The van der Waals surface area contributed by atoms with Gasteiger partial charge in [0.15, 0.2) is 0 Å². The molecular weight excluding hydrogens is 364 g/mol. The second kappa shape index (κ2) is 6.75. The normalized spacial score (nSPS) is 14.9. The second-order valence-electron chi connectivity index (χ2n) is 6.80. The standard InChI is InChI=1S/C18H20N6O2S/c1-10-12-15(22-9-23-17(12)27-13(10)14(20)25)24-11-3-2-6-21-16(11)26-8-18(7-19)4-5-18/h2-3,6,9H,4-5,7-8,19H2,1H3,(H2,20,25)(H,22,23,24). The predicted molar refractivity (Wildman–Crippen MR) is 104 cm³/mol. The highest BCUT2D eigenvalue weighted by Gasteiger charge is 2.42. The van der Waals surface area contributed by atoms with Crippen molar-refractivity contribution in [1.82, 2.24) is 15.0 Å². The number of pyridine rings is 1. The molecule has 0 aliphatic heterocycles. The van der Waals surface area contributed by atoms with Gasteiger partial charge in [0, 0.05) is 18.2 Å². The van der Waals surface area contributed by atoms with Crippen LogP contribution in [0.25, 0.3) is 10.2 Å². The van der Waals surface area contributed by atoms with Gasteiger partial charge in [-0.05, 0) is 37.5 Å². The van der Waals surface area contributed by atoms with E-state index in [9.17, 15) is 4.79 Å². The number of nitrogens with one attached hydrogen (secondary N) is 1. The zero-order valence-corrected chi connectivity index (χ0v) is 15.7. The summed E-state index contributed by atoms with van der Waals surface area (Å²) >= 11 is 1.26. The molecule has 1 saturated carbocycles. The molecule has 3 aromatic heterocycles. The Morgan fingerprint density at radius 3 is 2.89 bits per heavy atom. The van der Waals surface area contributed by atoms with Crippen molar-refractivity contribution in [2.75, 3.05) is 18.5 Å². The summed E-state index contributed by atoms with van der Waals surface area (Å²) in [4.78, 5) is 25.8. The molecule has 1 fully saturated rings. The van der Waals surface area contributed by atoms with Crippen LogP contribution in [0.2, 0.25) is 0 Å². The van der Waals surface area contributed by atoms with Gasteiger partial charge in [-0.15, -0.1) is 11.3 Å². The molecule has 0 aromatic carbocycles. The molecule has 0 atom stereocenters. The fourth-order valence-corrected chi connectivity index (χ4v) is 3.94. The van der Waals surface area contributed by atoms with E-state index in [-0.39, 0.29) is 5.41 Å². The van der Waals surface area contributed by atoms with Crippen molar-refractivity contribution in [3.8, 4) is 5.88 Å². The van der Waals surface area contributed by atoms with E-state index in [1.165, 1.54) is 17.7 Å². The number of amides is 1. The number of carbonyl (C=O) groups is 1. The van der Waals surface area contributed by atoms with E-state index in [4.69, 9.17) is 16.2 Å². The van der Waals surface area contributed by atoms with Crippen molar-refractivity contribution >= 4 is 39.0 Å². The maximum atomic E-state index is 11.7. The SMILES string of the molecule is Cc1c(C(N)=O)sc2ncnc(Nc3cccnc3OCC3(CN)CC3)c12. The summed E-state index contributed by atoms with van der Waals surface area (Å²) < 4.78 is 5.94. The number of aromatic nitrogens is 3. The quantitative estimate of drug-likeness (QED) is 0.570. The minimum Gasteiger partial charge on any atom is -0.476 e. The average molecular weight is 384 g/mol. The van der Waals surface area contributed by atoms with Gasteiger partial charge in [-0.25, -0.2) is 15.0 Å². The number of hydrogen-bond donors (Lipinski definition) is 3. The Labute approximate surface area is 160 Å². The van der Waals surface area contributed by atoms with Crippen LogP contribution in [0.1, 0.15) is 28.1 Å². The zero-order valence-electron chi connectivity index (χ0n) is 14.9. The molecule has 3 heterocycles. The van der Waals surface area contributed by atoms with Crippen LogP contribution in [0, 0.1) is 12.3 Å². The van der Waals surface area contributed by atoms with Crippen LogP contribution in [0.3, 0.4) is 0 Å². The topological polar surface area (TPSA) is 129 Å². The first-order valence-corrected chi connectivity index (χ1v) is 9.43. The van der Waals surface area contributed by atoms with Crippen molar-refractivity contribution in [2.24, 2.45) is 16.9 Å². The maximum absolute atomic E-state index is 11.7. The number of primary amides is 1. The molecule has 3 aromatic rings. The zero-order chi connectivity index (χ0) is 19.0. The van der Waals surface area contributed by atoms with Crippen molar-refractivity contribution in [3.63, 3.8) is 0 Å². The third-order valence-corrected chi connectivity index (χ3v) is 6.09. The van der Waals surface area contributed by atoms with Crippen molar-refractivity contribution in [3.05, 3.63) is 35.1 Å². The molecule has 0 spiro atoms. The Kier molecular flexibility index (Phi) is 4.40. The lowest BCUT2D eigenvalue weighted by atomic mass is 10.1. The van der Waals surface area contributed by atoms with E-state index >= 15 is 0 Å². The average Bonchev–Trinajstić information content (AvgIpc) is 3.37. The van der Waals surface area contributed by atoms with Crippen LogP contribution in [0.15, 0.2) is 24.7 Å². The predicted octanol–water partition coefficient (Wildman–Crippen LogP) is 2.35. The smallest absolute Gasteiger partial charge is 0.259 e. The van der Waals surface area contributed by atoms with Crippen LogP contribution in [0.5, 0.6) is 5.88 Å². The molecule has 1 aliphatic carbocycles. The lowest BCUT2D eigenvalue weighted by Gasteiger charge is -2.16. The van der Waals surface area contributed by atoms with Gasteiger partial charge in [0.2, 0.25) is 5.88 Å². The summed E-state index contributed by atoms with van der Waals surface area (Å²) in [6.45, 7) is 2.99. The number of anilines is 2. The Morgan fingerprint density at radius 2 is 2.19 bits per heavy atom. The van der Waals surface area contributed by atoms with E-state index in [0.29, 0.717) is 40.2 Å². The Hall–Kier alpha value is -2.78. The van der Waals surface area contributed by atoms with Crippen LogP contribution < -0.4 is 21.5 Å². The Bertz CT molecular complexity index is 1010. The van der Waals surface area contributed by atoms with Crippen LogP contribution in [-0.2, 0) is 0 Å². The van der Waals surface area contributed by atoms with E-state index in [1.807, 2.05) is 19.1 Å². The molecule has 0 saturated heterocycles. The number of nitrogens with zero attached hydrogens (tertiary/aromatic N) is 3. The first kappa shape index (κ1) is 17.6. The molecule has 0 unspecified atom stereocenters. The molecule has 1 aliphatic rings. The van der Waals surface area contributed by atoms with Crippen molar-refractivity contribution < 1.29 is 9.53 Å². The summed E-state index contributed by atoms with van der Waals surface area (Å²) in [7, 11) is 0. The number of carbonyl (C=O) groups excluding carboxylic acids is 1. The summed E-state index contributed by atoms with van der Waals surface area (Å²) in [5, 5.41) is 4.04. The molecule has 27 heavy (non-hydrogen) atoms. The fourth-order valence-electron chi connectivity index (χ4n) is 2.94. The molecule has 140 valence electrons. The van der Waals surface area contributed by atoms with Gasteiger partial charge in [-0.2, -0.15) is 0 Å². The lowest BCUT2D eigenvalue weighted by Crippen LogP contribution is -2.23. The fraction of sp³-hybridized carbons (Fsp3) is 0.333. The van der Waals surface area contributed by atoms with Gasteiger partial charge >= 0.3 is 0 Å². The Morgan fingerprint density at radius 1 is 1.37 bits per heavy atom. The molecule has 9 heteroatoms. The van der Waals surface area contributed by atoms with Crippen LogP contribution in [-0.4, -0.2) is 34.0 Å². The first-order valence-electron chi connectivity index (χ1n) is 8.62. The molecule has 0 radical (unpaired) electrons. The second-order valence-corrected chi connectivity index (χ2v) is 7.80. The van der Waals surface area contributed by atoms with Gasteiger partial charge in [0.05, 0.1) is 16.9 Å². The van der Waals surface area contributed by atoms with E-state index < -0.39 is 5.91 Å². The number of aryl methyl sites for hydroxylation is 1. The summed E-state index contributed by atoms with van der Waals surface area (Å²) in [6, 6.07) is 3.69. The molecule has 8 nitrogen and oxygen atoms in total. The number of rotatable bonds is 7. The largest absolute Gasteiger partial charge is 0.476 e. The Balaban J connectivity index is 1.66. The molecule has 5 N–H and O–H groups in total. The van der Waals surface area contributed by atoms with Gasteiger partial charge < -0.3 is 21.5 Å². The monoisotopic (exact) mass is 384 g/mol. The minimum absolute atomic E-state index is 0.0807. The molecule has 1 amide bonds. The molecular formula is C18H20N6O2S. The van der Waals surface area contributed by atoms with E-state index in [1.54, 1.807) is 6.20 Å². The van der Waals surface area contributed by atoms with E-state index in [2.05, 4.69) is 20.3 Å². The molecule has 4 rings (SSSR count). The number of hydrogen-bond acceptors (Lipinski definition) is 8. The van der Waals surface area contributed by atoms with Crippen LogP contribution in [0.4, 0.5) is 11.5 Å². The van der Waals surface area contributed by atoms with Crippen molar-refractivity contribution in [2.45, 2.75) is 19.8 Å². The number of ether oxygens (including phenoxy) is 1. The van der Waals surface area contributed by atoms with Crippen molar-refractivity contribution in [1.29, 1.82) is 0 Å². The highest BCUT2D eigenvalue weighted by Crippen LogP contribution is 2.45. The summed E-state index contributed by atoms with van der Waals surface area (Å²) in [5.74, 6) is 0.606. The third-order valence-electron chi connectivity index (χ3n) is 4.88. The number of fused-ring (bicyclic) bond motifs is 1. The highest BCUT2D eigenvalue weighted by atomic mass is 32.1. The summed E-state index contributed by atoms with van der Waals surface area (Å²) in [5.41, 5.74) is 12.8. The number of thiophene rings is 1. The maximum Gasteiger partial charge on any atom is 0.259 e. The highest BCUT2D eigenvalue weighted by molar-refractivity contribution is 7.20. The first-order chi connectivity index (χ1) is 13.0. The number of nitrogens with two attached hydrogens (primary N) is 2. The van der Waals surface area contributed by atoms with Crippen LogP contribution >= 0.6 is 11.3 Å². The van der Waals surface area contributed by atoms with E-state index in [0.717, 1.165) is 23.8 Å². The minimum atomic E-state index is -0.469. The van der Waals surface area contributed by atoms with Gasteiger partial charge in [-0.1, -0.05) is 0 Å². The lowest BCUT2D eigenvalue weighted by molar-refractivity contribution is 0.100.